The molecule has 0 heterocycles. The molecule has 0 bridgehead atoms. The Balaban J connectivity index is 2.55. The maximum Gasteiger partial charge on any atom is 0.0461 e. The van der Waals surface area contributed by atoms with E-state index in [2.05, 4.69) is 35.8 Å². The average molecular weight is 274 g/mol. The molecule has 1 nitrogen and oxygen atoms in total. The molecule has 0 aromatic heterocycles. The lowest BCUT2D eigenvalue weighted by Crippen LogP contribution is -1.94. The van der Waals surface area contributed by atoms with Crippen LogP contribution in [0, 0.1) is 0 Å². The second-order valence-corrected chi connectivity index (χ2v) is 5.67. The van der Waals surface area contributed by atoms with Gasteiger partial charge in [-0.05, 0) is 40.0 Å². The van der Waals surface area contributed by atoms with Gasteiger partial charge in [-0.1, -0.05) is 19.9 Å². The third-order valence-corrected chi connectivity index (χ3v) is 4.29. The summed E-state index contributed by atoms with van der Waals surface area (Å²) < 4.78 is 0.981. The minimum atomic E-state index is 0.722. The van der Waals surface area contributed by atoms with Gasteiger partial charge >= 0.3 is 0 Å². The summed E-state index contributed by atoms with van der Waals surface area (Å²) in [6.07, 6.45) is 1.22. The number of nitrogen functional groups attached to an aromatic ring is 1. The van der Waals surface area contributed by atoms with E-state index in [1.807, 2.05) is 23.9 Å². The van der Waals surface area contributed by atoms with Gasteiger partial charge in [0, 0.05) is 21.2 Å². The second-order valence-electron chi connectivity index (χ2n) is 3.39. The number of hydrogen-bond donors (Lipinski definition) is 1. The van der Waals surface area contributed by atoms with Crippen LogP contribution in [0.1, 0.15) is 25.8 Å². The van der Waals surface area contributed by atoms with Crippen molar-refractivity contribution in [3.8, 4) is 0 Å². The van der Waals surface area contributed by atoms with Crippen molar-refractivity contribution in [3.05, 3.63) is 28.2 Å². The van der Waals surface area contributed by atoms with Gasteiger partial charge in [-0.25, -0.2) is 0 Å². The van der Waals surface area contributed by atoms with Crippen LogP contribution in [0.3, 0.4) is 0 Å². The molecule has 0 amide bonds. The van der Waals surface area contributed by atoms with Crippen LogP contribution in [0.5, 0.6) is 0 Å². The maximum atomic E-state index is 5.80. The molecule has 2 N–H and O–H groups in total. The average Bonchev–Trinajstić information content (AvgIpc) is 2.19. The number of benzene rings is 1. The Labute approximate surface area is 98.6 Å². The Morgan fingerprint density at radius 1 is 1.50 bits per heavy atom. The number of anilines is 1. The summed E-state index contributed by atoms with van der Waals surface area (Å²) in [4.78, 5) is 0. The SMILES string of the molecule is CCC(C)SCc1ccc(Br)c(N)c1. The van der Waals surface area contributed by atoms with E-state index in [0.717, 1.165) is 21.2 Å². The summed E-state index contributed by atoms with van der Waals surface area (Å²) in [5.41, 5.74) is 7.93. The van der Waals surface area contributed by atoms with E-state index in [4.69, 9.17) is 5.73 Å². The quantitative estimate of drug-likeness (QED) is 0.838. The van der Waals surface area contributed by atoms with Gasteiger partial charge in [-0.15, -0.1) is 0 Å². The highest BCUT2D eigenvalue weighted by atomic mass is 79.9. The standard InChI is InChI=1S/C11H16BrNS/c1-3-8(2)14-7-9-4-5-10(12)11(13)6-9/h4-6,8H,3,7,13H2,1-2H3. The predicted octanol–water partition coefficient (Wildman–Crippen LogP) is 4.06. The van der Waals surface area contributed by atoms with Crippen molar-refractivity contribution >= 4 is 33.4 Å². The molecule has 0 fully saturated rings. The van der Waals surface area contributed by atoms with Crippen LogP contribution >= 0.6 is 27.7 Å². The van der Waals surface area contributed by atoms with E-state index in [-0.39, 0.29) is 0 Å². The zero-order valence-electron chi connectivity index (χ0n) is 8.59. The van der Waals surface area contributed by atoms with E-state index in [1.54, 1.807) is 0 Å². The molecular weight excluding hydrogens is 258 g/mol. The van der Waals surface area contributed by atoms with E-state index in [0.29, 0.717) is 0 Å². The molecule has 0 saturated heterocycles. The first-order chi connectivity index (χ1) is 6.63. The molecule has 1 aromatic carbocycles. The van der Waals surface area contributed by atoms with Crippen molar-refractivity contribution in [1.82, 2.24) is 0 Å². The van der Waals surface area contributed by atoms with Crippen LogP contribution in [0.4, 0.5) is 5.69 Å². The fourth-order valence-corrected chi connectivity index (χ4v) is 2.18. The summed E-state index contributed by atoms with van der Waals surface area (Å²) in [7, 11) is 0. The number of halogens is 1. The fraction of sp³-hybridized carbons (Fsp3) is 0.455. The van der Waals surface area contributed by atoms with Crippen LogP contribution in [0.2, 0.25) is 0 Å². The van der Waals surface area contributed by atoms with E-state index >= 15 is 0 Å². The molecule has 0 radical (unpaired) electrons. The molecule has 1 aromatic rings. The number of nitrogens with two attached hydrogens (primary N) is 1. The lowest BCUT2D eigenvalue weighted by Gasteiger charge is -2.08. The molecule has 0 saturated carbocycles. The van der Waals surface area contributed by atoms with Crippen LogP contribution in [0.15, 0.2) is 22.7 Å². The van der Waals surface area contributed by atoms with Gasteiger partial charge in [-0.2, -0.15) is 11.8 Å². The molecular formula is C11H16BrNS. The largest absolute Gasteiger partial charge is 0.398 e. The summed E-state index contributed by atoms with van der Waals surface area (Å²) in [6.45, 7) is 4.47. The first kappa shape index (κ1) is 11.9. The topological polar surface area (TPSA) is 26.0 Å². The zero-order chi connectivity index (χ0) is 10.6. The smallest absolute Gasteiger partial charge is 0.0461 e. The number of rotatable bonds is 4. The molecule has 1 atom stereocenters. The summed E-state index contributed by atoms with van der Waals surface area (Å²) in [5.74, 6) is 1.05. The van der Waals surface area contributed by atoms with Gasteiger partial charge in [-0.3, -0.25) is 0 Å². The van der Waals surface area contributed by atoms with Gasteiger partial charge in [0.25, 0.3) is 0 Å². The lowest BCUT2D eigenvalue weighted by molar-refractivity contribution is 0.905. The van der Waals surface area contributed by atoms with Crippen molar-refractivity contribution < 1.29 is 0 Å². The maximum absolute atomic E-state index is 5.80. The highest BCUT2D eigenvalue weighted by Gasteiger charge is 2.01. The Kier molecular flexibility index (Phi) is 4.82. The molecule has 0 aliphatic carbocycles. The molecule has 0 aliphatic heterocycles. The molecule has 0 spiro atoms. The monoisotopic (exact) mass is 273 g/mol. The van der Waals surface area contributed by atoms with Crippen molar-refractivity contribution in [1.29, 1.82) is 0 Å². The lowest BCUT2D eigenvalue weighted by atomic mass is 10.2. The Morgan fingerprint density at radius 2 is 2.21 bits per heavy atom. The zero-order valence-corrected chi connectivity index (χ0v) is 11.0. The highest BCUT2D eigenvalue weighted by Crippen LogP contribution is 2.24. The summed E-state index contributed by atoms with van der Waals surface area (Å²) in [5, 5.41) is 0.722. The first-order valence-corrected chi connectivity index (χ1v) is 6.63. The van der Waals surface area contributed by atoms with E-state index in [1.165, 1.54) is 12.0 Å². The molecule has 78 valence electrons. The van der Waals surface area contributed by atoms with Gasteiger partial charge < -0.3 is 5.73 Å². The second kappa shape index (κ2) is 5.66. The number of thioether (sulfide) groups is 1. The van der Waals surface area contributed by atoms with Gasteiger partial charge in [0.05, 0.1) is 0 Å². The van der Waals surface area contributed by atoms with Crippen molar-refractivity contribution in [2.24, 2.45) is 0 Å². The molecule has 14 heavy (non-hydrogen) atoms. The fourth-order valence-electron chi connectivity index (χ4n) is 1.04. The van der Waals surface area contributed by atoms with Crippen molar-refractivity contribution in [2.45, 2.75) is 31.3 Å². The molecule has 1 rings (SSSR count). The van der Waals surface area contributed by atoms with Crippen molar-refractivity contribution in [2.75, 3.05) is 5.73 Å². The van der Waals surface area contributed by atoms with Crippen LogP contribution in [-0.4, -0.2) is 5.25 Å². The Morgan fingerprint density at radius 3 is 2.79 bits per heavy atom. The summed E-state index contributed by atoms with van der Waals surface area (Å²) in [6, 6.07) is 6.18. The van der Waals surface area contributed by atoms with Crippen LogP contribution in [-0.2, 0) is 5.75 Å². The van der Waals surface area contributed by atoms with Gasteiger partial charge in [0.2, 0.25) is 0 Å². The molecule has 3 heteroatoms. The Hall–Kier alpha value is -0.150. The third kappa shape index (κ3) is 3.54. The van der Waals surface area contributed by atoms with E-state index < -0.39 is 0 Å². The van der Waals surface area contributed by atoms with Crippen LogP contribution < -0.4 is 5.73 Å². The highest BCUT2D eigenvalue weighted by molar-refractivity contribution is 9.10. The van der Waals surface area contributed by atoms with E-state index in [9.17, 15) is 0 Å². The van der Waals surface area contributed by atoms with Crippen LogP contribution in [0.25, 0.3) is 0 Å². The predicted molar refractivity (Wildman–Crippen MR) is 69.6 cm³/mol. The normalized spacial score (nSPS) is 12.8. The van der Waals surface area contributed by atoms with Crippen molar-refractivity contribution in [3.63, 3.8) is 0 Å². The minimum absolute atomic E-state index is 0.722. The Bertz CT molecular complexity index is 301. The minimum Gasteiger partial charge on any atom is -0.398 e. The summed E-state index contributed by atoms with van der Waals surface area (Å²) >= 11 is 5.36. The van der Waals surface area contributed by atoms with Gasteiger partial charge in [0.1, 0.15) is 0 Å². The molecule has 0 aliphatic rings. The van der Waals surface area contributed by atoms with Gasteiger partial charge in [0.15, 0.2) is 0 Å². The number of hydrogen-bond acceptors (Lipinski definition) is 2. The first-order valence-electron chi connectivity index (χ1n) is 4.79. The molecule has 1 unspecified atom stereocenters. The third-order valence-electron chi connectivity index (χ3n) is 2.17.